The minimum Gasteiger partial charge on any atom is -0.339 e. The Bertz CT molecular complexity index is 452. The molecule has 4 nitrogen and oxygen atoms in total. The van der Waals surface area contributed by atoms with Crippen LogP contribution in [-0.2, 0) is 11.2 Å². The zero-order valence-corrected chi connectivity index (χ0v) is 12.6. The molecule has 1 aliphatic carbocycles. The van der Waals surface area contributed by atoms with Crippen LogP contribution in [0.25, 0.3) is 0 Å². The van der Waals surface area contributed by atoms with Crippen molar-refractivity contribution in [3.05, 3.63) is 30.1 Å². The minimum absolute atomic E-state index is 0.333. The molecule has 1 saturated carbocycles. The number of hydrogen-bond donors (Lipinski definition) is 1. The molecule has 0 spiro atoms. The zero-order valence-electron chi connectivity index (χ0n) is 12.6. The van der Waals surface area contributed by atoms with Crippen molar-refractivity contribution >= 4 is 5.91 Å². The van der Waals surface area contributed by atoms with Crippen molar-refractivity contribution in [2.45, 2.75) is 44.6 Å². The van der Waals surface area contributed by atoms with Gasteiger partial charge in [-0.15, -0.1) is 0 Å². The molecule has 3 rings (SSSR count). The van der Waals surface area contributed by atoms with E-state index in [-0.39, 0.29) is 0 Å². The van der Waals surface area contributed by atoms with E-state index in [1.54, 1.807) is 6.20 Å². The van der Waals surface area contributed by atoms with Gasteiger partial charge in [0.25, 0.3) is 0 Å². The lowest BCUT2D eigenvalue weighted by Gasteiger charge is -2.30. The maximum Gasteiger partial charge on any atom is 0.223 e. The van der Waals surface area contributed by atoms with Crippen LogP contribution in [0.15, 0.2) is 24.5 Å². The van der Waals surface area contributed by atoms with Crippen molar-refractivity contribution in [3.63, 3.8) is 0 Å². The number of amides is 1. The first-order valence-electron chi connectivity index (χ1n) is 8.22. The number of rotatable bonds is 6. The van der Waals surface area contributed by atoms with Crippen LogP contribution >= 0.6 is 0 Å². The highest BCUT2D eigenvalue weighted by atomic mass is 16.2. The second kappa shape index (κ2) is 7.03. The SMILES string of the molecule is O=C(CCc1cccnc1)N(CC1CCNCC1)C1CC1. The van der Waals surface area contributed by atoms with Gasteiger partial charge in [-0.25, -0.2) is 0 Å². The van der Waals surface area contributed by atoms with Gasteiger partial charge in [0.15, 0.2) is 0 Å². The van der Waals surface area contributed by atoms with Gasteiger partial charge in [-0.3, -0.25) is 9.78 Å². The Morgan fingerprint density at radius 3 is 2.76 bits per heavy atom. The van der Waals surface area contributed by atoms with Crippen LogP contribution in [0.5, 0.6) is 0 Å². The summed E-state index contributed by atoms with van der Waals surface area (Å²) in [5.74, 6) is 1.02. The van der Waals surface area contributed by atoms with Crippen LogP contribution in [0.2, 0.25) is 0 Å². The largest absolute Gasteiger partial charge is 0.339 e. The van der Waals surface area contributed by atoms with Gasteiger partial charge in [-0.2, -0.15) is 0 Å². The van der Waals surface area contributed by atoms with E-state index < -0.39 is 0 Å². The number of aryl methyl sites for hydroxylation is 1. The zero-order chi connectivity index (χ0) is 14.5. The van der Waals surface area contributed by atoms with E-state index in [0.717, 1.165) is 31.6 Å². The maximum absolute atomic E-state index is 12.6. The lowest BCUT2D eigenvalue weighted by Crippen LogP contribution is -2.40. The summed E-state index contributed by atoms with van der Waals surface area (Å²) < 4.78 is 0. The van der Waals surface area contributed by atoms with Crippen molar-refractivity contribution in [1.29, 1.82) is 0 Å². The molecule has 0 aromatic carbocycles. The van der Waals surface area contributed by atoms with Gasteiger partial charge in [0, 0.05) is 31.4 Å². The number of hydrogen-bond acceptors (Lipinski definition) is 3. The summed E-state index contributed by atoms with van der Waals surface area (Å²) in [6.45, 7) is 3.18. The molecule has 21 heavy (non-hydrogen) atoms. The Morgan fingerprint density at radius 1 is 1.29 bits per heavy atom. The third-order valence-electron chi connectivity index (χ3n) is 4.57. The Balaban J connectivity index is 1.52. The lowest BCUT2D eigenvalue weighted by molar-refractivity contribution is -0.132. The summed E-state index contributed by atoms with van der Waals surface area (Å²) in [7, 11) is 0. The summed E-state index contributed by atoms with van der Waals surface area (Å²) in [4.78, 5) is 18.9. The summed E-state index contributed by atoms with van der Waals surface area (Å²) in [5.41, 5.74) is 1.16. The lowest BCUT2D eigenvalue weighted by atomic mass is 9.97. The number of carbonyl (C=O) groups is 1. The third kappa shape index (κ3) is 4.27. The minimum atomic E-state index is 0.333. The average Bonchev–Trinajstić information content (AvgIpc) is 3.37. The Morgan fingerprint density at radius 2 is 2.10 bits per heavy atom. The third-order valence-corrected chi connectivity index (χ3v) is 4.57. The fraction of sp³-hybridized carbons (Fsp3) is 0.647. The molecule has 1 aromatic heterocycles. The van der Waals surface area contributed by atoms with E-state index in [0.29, 0.717) is 24.3 Å². The fourth-order valence-electron chi connectivity index (χ4n) is 3.12. The van der Waals surface area contributed by atoms with Crippen LogP contribution in [0.3, 0.4) is 0 Å². The molecule has 4 heteroatoms. The maximum atomic E-state index is 12.6. The van der Waals surface area contributed by atoms with E-state index in [9.17, 15) is 4.79 Å². The molecular formula is C17H25N3O. The first kappa shape index (κ1) is 14.5. The van der Waals surface area contributed by atoms with E-state index in [2.05, 4.69) is 21.3 Å². The van der Waals surface area contributed by atoms with Gasteiger partial charge < -0.3 is 10.2 Å². The van der Waals surface area contributed by atoms with E-state index in [1.807, 2.05) is 12.3 Å². The highest BCUT2D eigenvalue weighted by molar-refractivity contribution is 5.77. The van der Waals surface area contributed by atoms with Crippen molar-refractivity contribution in [2.24, 2.45) is 5.92 Å². The van der Waals surface area contributed by atoms with E-state index in [1.165, 1.54) is 25.7 Å². The standard InChI is InChI=1S/C17H25N3O/c21-17(6-3-14-2-1-9-19-12-14)20(16-4-5-16)13-15-7-10-18-11-8-15/h1-2,9,12,15-16,18H,3-8,10-11,13H2. The molecule has 1 N–H and O–H groups in total. The van der Waals surface area contributed by atoms with Crippen LogP contribution in [0.1, 0.15) is 37.7 Å². The second-order valence-electron chi connectivity index (χ2n) is 6.33. The second-order valence-corrected chi connectivity index (χ2v) is 6.33. The van der Waals surface area contributed by atoms with Crippen molar-refractivity contribution in [1.82, 2.24) is 15.2 Å². The number of pyridine rings is 1. The van der Waals surface area contributed by atoms with Crippen molar-refractivity contribution in [2.75, 3.05) is 19.6 Å². The van der Waals surface area contributed by atoms with E-state index in [4.69, 9.17) is 0 Å². The van der Waals surface area contributed by atoms with Crippen molar-refractivity contribution < 1.29 is 4.79 Å². The molecule has 0 atom stereocenters. The van der Waals surface area contributed by atoms with Gasteiger partial charge in [-0.1, -0.05) is 6.07 Å². The summed E-state index contributed by atoms with van der Waals surface area (Å²) in [6.07, 6.45) is 9.88. The molecule has 0 bridgehead atoms. The number of piperidine rings is 1. The monoisotopic (exact) mass is 287 g/mol. The topological polar surface area (TPSA) is 45.2 Å². The molecule has 0 radical (unpaired) electrons. The van der Waals surface area contributed by atoms with Gasteiger partial charge in [0.1, 0.15) is 0 Å². The van der Waals surface area contributed by atoms with E-state index >= 15 is 0 Å². The molecule has 1 aromatic rings. The highest BCUT2D eigenvalue weighted by Crippen LogP contribution is 2.29. The van der Waals surface area contributed by atoms with Gasteiger partial charge in [0.2, 0.25) is 5.91 Å². The van der Waals surface area contributed by atoms with Crippen LogP contribution in [0.4, 0.5) is 0 Å². The molecule has 2 heterocycles. The molecule has 2 fully saturated rings. The number of carbonyl (C=O) groups excluding carboxylic acids is 1. The van der Waals surface area contributed by atoms with Crippen LogP contribution in [0, 0.1) is 5.92 Å². The predicted octanol–water partition coefficient (Wildman–Crippen LogP) is 2.00. The van der Waals surface area contributed by atoms with Crippen LogP contribution in [-0.4, -0.2) is 41.5 Å². The molecule has 1 aliphatic heterocycles. The number of aromatic nitrogens is 1. The Hall–Kier alpha value is -1.42. The Labute approximate surface area is 126 Å². The molecule has 114 valence electrons. The number of nitrogens with zero attached hydrogens (tertiary/aromatic N) is 2. The number of nitrogens with one attached hydrogen (secondary N) is 1. The molecule has 0 unspecified atom stereocenters. The quantitative estimate of drug-likeness (QED) is 0.870. The predicted molar refractivity (Wildman–Crippen MR) is 82.9 cm³/mol. The molecule has 1 amide bonds. The van der Waals surface area contributed by atoms with Crippen LogP contribution < -0.4 is 5.32 Å². The van der Waals surface area contributed by atoms with Gasteiger partial charge in [0.05, 0.1) is 0 Å². The van der Waals surface area contributed by atoms with Gasteiger partial charge in [-0.05, 0) is 62.7 Å². The molecule has 2 aliphatic rings. The summed E-state index contributed by atoms with van der Waals surface area (Å²) >= 11 is 0. The first-order valence-corrected chi connectivity index (χ1v) is 8.22. The molecular weight excluding hydrogens is 262 g/mol. The highest BCUT2D eigenvalue weighted by Gasteiger charge is 2.33. The van der Waals surface area contributed by atoms with Crippen molar-refractivity contribution in [3.8, 4) is 0 Å². The first-order chi connectivity index (χ1) is 10.3. The smallest absolute Gasteiger partial charge is 0.223 e. The molecule has 1 saturated heterocycles. The summed E-state index contributed by atoms with van der Waals surface area (Å²) in [5, 5.41) is 3.40. The fourth-order valence-corrected chi connectivity index (χ4v) is 3.12. The Kier molecular flexibility index (Phi) is 4.86. The summed E-state index contributed by atoms with van der Waals surface area (Å²) in [6, 6.07) is 4.52. The normalized spacial score (nSPS) is 19.4. The van der Waals surface area contributed by atoms with Gasteiger partial charge >= 0.3 is 0 Å². The average molecular weight is 287 g/mol.